The number of aliphatic imine (C=N–C) groups is 1. The van der Waals surface area contributed by atoms with Gasteiger partial charge in [0.1, 0.15) is 5.82 Å². The molecule has 4 aliphatic rings. The molecule has 11 nitrogen and oxygen atoms in total. The molecule has 4 aromatic rings. The van der Waals surface area contributed by atoms with Crippen LogP contribution in [0.5, 0.6) is 0 Å². The van der Waals surface area contributed by atoms with Gasteiger partial charge in [-0.25, -0.2) is 19.8 Å². The molecule has 0 amide bonds. The van der Waals surface area contributed by atoms with Gasteiger partial charge in [-0.2, -0.15) is 10.1 Å². The lowest BCUT2D eigenvalue weighted by molar-refractivity contribution is -0.144. The van der Waals surface area contributed by atoms with Gasteiger partial charge in [-0.15, -0.1) is 0 Å². The van der Waals surface area contributed by atoms with Crippen LogP contribution in [-0.2, 0) is 27.2 Å². The molecule has 5 unspecified atom stereocenters. The summed E-state index contributed by atoms with van der Waals surface area (Å²) >= 11 is 0. The second-order valence-corrected chi connectivity index (χ2v) is 15.9. The van der Waals surface area contributed by atoms with Crippen LogP contribution < -0.4 is 11.0 Å². The van der Waals surface area contributed by atoms with E-state index in [0.29, 0.717) is 36.4 Å². The quantitative estimate of drug-likeness (QED) is 0.145. The highest BCUT2D eigenvalue weighted by atomic mass is 16.8. The van der Waals surface area contributed by atoms with Crippen LogP contribution in [0, 0.1) is 18.3 Å². The minimum absolute atomic E-state index is 0.0594. The fourth-order valence-corrected chi connectivity index (χ4v) is 9.02. The molecule has 3 fully saturated rings. The molecule has 3 heterocycles. The largest absolute Gasteiger partial charge is 0.387 e. The zero-order chi connectivity index (χ0) is 36.9. The molecule has 8 rings (SSSR count). The fourth-order valence-electron chi connectivity index (χ4n) is 9.02. The Morgan fingerprint density at radius 1 is 1.04 bits per heavy atom. The molecule has 2 aromatic carbocycles. The number of aliphatic hydroxyl groups is 1. The van der Waals surface area contributed by atoms with E-state index in [0.717, 1.165) is 97.7 Å². The van der Waals surface area contributed by atoms with Crippen molar-refractivity contribution in [3.8, 4) is 11.1 Å². The Morgan fingerprint density at radius 3 is 2.45 bits per heavy atom. The van der Waals surface area contributed by atoms with Crippen LogP contribution in [0.25, 0.3) is 16.9 Å². The molecule has 1 spiro atoms. The van der Waals surface area contributed by atoms with Gasteiger partial charge in [-0.1, -0.05) is 82.6 Å². The molecular weight excluding hydrogens is 668 g/mol. The van der Waals surface area contributed by atoms with E-state index in [1.54, 1.807) is 0 Å². The lowest BCUT2D eigenvalue weighted by Gasteiger charge is -2.34. The summed E-state index contributed by atoms with van der Waals surface area (Å²) in [7, 11) is 0. The topological polar surface area (TPSA) is 125 Å². The zero-order valence-electron chi connectivity index (χ0n) is 31.8. The summed E-state index contributed by atoms with van der Waals surface area (Å²) in [6, 6.07) is 16.7. The third-order valence-corrected chi connectivity index (χ3v) is 12.3. The van der Waals surface area contributed by atoms with Gasteiger partial charge >= 0.3 is 0 Å². The Kier molecular flexibility index (Phi) is 9.80. The number of rotatable bonds is 14. The summed E-state index contributed by atoms with van der Waals surface area (Å²) in [5.74, 6) is 2.29. The number of hydrogen-bond acceptors (Lipinski definition) is 9. The number of fused-ring (bicyclic) bond motifs is 1. The van der Waals surface area contributed by atoms with Gasteiger partial charge in [0.25, 0.3) is 12.0 Å². The Hall–Kier alpha value is -3.90. The van der Waals surface area contributed by atoms with E-state index in [9.17, 15) is 9.90 Å². The van der Waals surface area contributed by atoms with Crippen LogP contribution in [-0.4, -0.2) is 60.9 Å². The molecule has 5 atom stereocenters. The van der Waals surface area contributed by atoms with Crippen LogP contribution in [0.15, 0.2) is 58.3 Å². The van der Waals surface area contributed by atoms with E-state index >= 15 is 0 Å². The molecule has 53 heavy (non-hydrogen) atoms. The van der Waals surface area contributed by atoms with Crippen molar-refractivity contribution in [2.45, 2.75) is 136 Å². The summed E-state index contributed by atoms with van der Waals surface area (Å²) in [6.07, 6.45) is 8.98. The number of nitrogens with zero attached hydrogens (tertiary/aromatic N) is 5. The number of hydrogen-bond donors (Lipinski definition) is 2. The number of benzene rings is 2. The third kappa shape index (κ3) is 6.75. The maximum Gasteiger partial charge on any atom is 0.282 e. The second kappa shape index (κ2) is 14.4. The number of amidine groups is 1. The van der Waals surface area contributed by atoms with Crippen molar-refractivity contribution in [3.05, 3.63) is 87.1 Å². The van der Waals surface area contributed by atoms with Crippen molar-refractivity contribution < 1.29 is 19.4 Å². The lowest BCUT2D eigenvalue weighted by atomic mass is 9.83. The average Bonchev–Trinajstić information content (AvgIpc) is 3.82. The first-order chi connectivity index (χ1) is 25.7. The van der Waals surface area contributed by atoms with Gasteiger partial charge in [0, 0.05) is 23.6 Å². The highest BCUT2D eigenvalue weighted by molar-refractivity contribution is 6.04. The Balaban J connectivity index is 1.05. The smallest absolute Gasteiger partial charge is 0.282 e. The Morgan fingerprint density at radius 2 is 1.77 bits per heavy atom. The first-order valence-electron chi connectivity index (χ1n) is 19.8. The second-order valence-electron chi connectivity index (χ2n) is 15.9. The standard InChI is InChI=1S/C42H54N6O5/c1-6-11-34-33(23-28-14-16-29(17-15-28)31-12-9-10-13-32(31)37-44-40(53-46-37)51-22-7-2)38(49)47(39-43-27(5)45-48(34)39)35-25-41(35)20-18-30(19-21-41)52-36(8-3)42(50)24-26(42)4/h9-10,12-17,26,30,35-36,40,50H,6-8,11,18-25H2,1-5H3,(H,44,46). The van der Waals surface area contributed by atoms with Gasteiger partial charge in [-0.3, -0.25) is 9.36 Å². The summed E-state index contributed by atoms with van der Waals surface area (Å²) in [6.45, 7) is 10.9. The average molecular weight is 723 g/mol. The van der Waals surface area contributed by atoms with Crippen molar-refractivity contribution in [1.29, 1.82) is 0 Å². The minimum Gasteiger partial charge on any atom is -0.387 e. The molecule has 0 radical (unpaired) electrons. The molecule has 2 aromatic heterocycles. The number of nitrogens with one attached hydrogen (secondary N) is 1. The van der Waals surface area contributed by atoms with Crippen LogP contribution in [0.4, 0.5) is 0 Å². The normalized spacial score (nSPS) is 28.3. The summed E-state index contributed by atoms with van der Waals surface area (Å²) in [5, 5.41) is 15.8. The van der Waals surface area contributed by atoms with Crippen molar-refractivity contribution in [1.82, 2.24) is 24.6 Å². The van der Waals surface area contributed by atoms with Gasteiger partial charge < -0.3 is 14.6 Å². The summed E-state index contributed by atoms with van der Waals surface area (Å²) < 4.78 is 16.1. The number of ether oxygens (including phenoxy) is 2. The Bertz CT molecular complexity index is 2050. The van der Waals surface area contributed by atoms with Gasteiger partial charge in [0.2, 0.25) is 5.78 Å². The molecule has 11 heteroatoms. The Labute approximate surface area is 311 Å². The highest BCUT2D eigenvalue weighted by Gasteiger charge is 2.59. The summed E-state index contributed by atoms with van der Waals surface area (Å²) in [4.78, 5) is 29.8. The van der Waals surface area contributed by atoms with E-state index in [2.05, 4.69) is 68.5 Å². The molecular formula is C42H54N6O5. The van der Waals surface area contributed by atoms with Gasteiger partial charge in [0.05, 0.1) is 30.1 Å². The molecule has 2 N–H and O–H groups in total. The highest BCUT2D eigenvalue weighted by Crippen LogP contribution is 2.64. The van der Waals surface area contributed by atoms with Crippen LogP contribution in [0.3, 0.4) is 0 Å². The number of aromatic nitrogens is 4. The molecule has 0 bridgehead atoms. The van der Waals surface area contributed by atoms with E-state index in [1.165, 1.54) is 0 Å². The number of hydroxylamine groups is 1. The maximum atomic E-state index is 14.8. The van der Waals surface area contributed by atoms with Gasteiger partial charge in [0.15, 0.2) is 5.84 Å². The maximum absolute atomic E-state index is 14.8. The molecule has 1 aliphatic heterocycles. The predicted octanol–water partition coefficient (Wildman–Crippen LogP) is 6.84. The molecule has 0 saturated heterocycles. The third-order valence-electron chi connectivity index (χ3n) is 12.3. The monoisotopic (exact) mass is 722 g/mol. The fraction of sp³-hybridized carbons (Fsp3) is 0.571. The van der Waals surface area contributed by atoms with Gasteiger partial charge in [-0.05, 0) is 92.7 Å². The molecule has 3 aliphatic carbocycles. The van der Waals surface area contributed by atoms with Crippen LogP contribution in [0.1, 0.15) is 120 Å². The van der Waals surface area contributed by atoms with E-state index < -0.39 is 12.0 Å². The minimum atomic E-state index is -0.664. The van der Waals surface area contributed by atoms with E-state index in [4.69, 9.17) is 24.4 Å². The van der Waals surface area contributed by atoms with E-state index in [1.807, 2.05) is 34.2 Å². The SMILES string of the molecule is CCCOC1N=C(c2ccccc2-c2ccc(Cc3c(CCC)n4nc(C)nc4n(C4CC45CCC(OC(CC)C4(O)CC4C)CC5)c3=O)cc2)NO1. The molecule has 3 saturated carbocycles. The first kappa shape index (κ1) is 36.1. The van der Waals surface area contributed by atoms with Crippen LogP contribution in [0.2, 0.25) is 0 Å². The number of aryl methyl sites for hydroxylation is 2. The first-order valence-corrected chi connectivity index (χ1v) is 19.8. The zero-order valence-corrected chi connectivity index (χ0v) is 31.8. The van der Waals surface area contributed by atoms with Crippen molar-refractivity contribution in [2.24, 2.45) is 16.3 Å². The molecule has 282 valence electrons. The van der Waals surface area contributed by atoms with Crippen molar-refractivity contribution in [2.75, 3.05) is 6.61 Å². The predicted molar refractivity (Wildman–Crippen MR) is 204 cm³/mol. The lowest BCUT2D eigenvalue weighted by Crippen LogP contribution is -2.37. The van der Waals surface area contributed by atoms with Crippen LogP contribution >= 0.6 is 0 Å². The summed E-state index contributed by atoms with van der Waals surface area (Å²) in [5.41, 5.74) is 8.24. The van der Waals surface area contributed by atoms with Crippen molar-refractivity contribution in [3.63, 3.8) is 0 Å². The van der Waals surface area contributed by atoms with E-state index in [-0.39, 0.29) is 29.2 Å². The van der Waals surface area contributed by atoms with Crippen molar-refractivity contribution >= 4 is 11.6 Å².